The zero-order chi connectivity index (χ0) is 26.5. The molecule has 1 aliphatic rings. The minimum absolute atomic E-state index is 0.136. The number of thioether (sulfide) groups is 1. The Morgan fingerprint density at radius 3 is 2.70 bits per heavy atom. The summed E-state index contributed by atoms with van der Waals surface area (Å²) in [6.07, 6.45) is 2.38. The monoisotopic (exact) mass is 654 g/mol. The first kappa shape index (κ1) is 26.8. The summed E-state index contributed by atoms with van der Waals surface area (Å²) in [5.74, 6) is -1.87. The zero-order valence-electron chi connectivity index (χ0n) is 19.0. The molecule has 9 nitrogen and oxygen atoms in total. The third-order valence-electron chi connectivity index (χ3n) is 4.76. The van der Waals surface area contributed by atoms with Crippen LogP contribution in [0.25, 0.3) is 6.08 Å². The average Bonchev–Trinajstić information content (AvgIpc) is 3.11. The third kappa shape index (κ3) is 6.76. The number of nitrogens with zero attached hydrogens (tertiary/aromatic N) is 3. The summed E-state index contributed by atoms with van der Waals surface area (Å²) in [6.45, 7) is 1.61. The fraction of sp³-hybridized carbons (Fsp3) is 0.125. The number of aromatic nitrogens is 2. The number of halogens is 3. The molecule has 3 aromatic rings. The van der Waals surface area contributed by atoms with Gasteiger partial charge in [-0.2, -0.15) is 9.37 Å². The molecule has 4 rings (SSSR count). The molecule has 0 bridgehead atoms. The molecule has 1 aromatic heterocycles. The van der Waals surface area contributed by atoms with Crippen LogP contribution >= 0.6 is 46.0 Å². The highest BCUT2D eigenvalue weighted by Crippen LogP contribution is 2.36. The number of carbonyl (C=O) groups is 3. The predicted octanol–water partition coefficient (Wildman–Crippen LogP) is 5.74. The van der Waals surface area contributed by atoms with E-state index >= 15 is 0 Å². The van der Waals surface area contributed by atoms with Gasteiger partial charge < -0.3 is 14.8 Å². The lowest BCUT2D eigenvalue weighted by molar-refractivity contribution is -0.127. The molecule has 1 aliphatic heterocycles. The highest BCUT2D eigenvalue weighted by Gasteiger charge is 2.36. The fourth-order valence-corrected chi connectivity index (χ4v) is 4.46. The van der Waals surface area contributed by atoms with Crippen LogP contribution in [0.15, 0.2) is 53.6 Å². The molecule has 1 fully saturated rings. The van der Waals surface area contributed by atoms with Crippen molar-refractivity contribution in [3.8, 4) is 17.4 Å². The molecule has 0 atom stereocenters. The normalized spacial score (nSPS) is 14.3. The van der Waals surface area contributed by atoms with Gasteiger partial charge >= 0.3 is 0 Å². The topological polar surface area (TPSA) is 111 Å². The van der Waals surface area contributed by atoms with Crippen LogP contribution in [0.5, 0.6) is 17.4 Å². The number of nitrogens with one attached hydrogen (secondary N) is 1. The Labute approximate surface area is 233 Å². The summed E-state index contributed by atoms with van der Waals surface area (Å²) in [7, 11) is 0. The van der Waals surface area contributed by atoms with Crippen LogP contribution < -0.4 is 14.8 Å². The van der Waals surface area contributed by atoms with Crippen LogP contribution in [-0.2, 0) is 9.59 Å². The number of amides is 3. The maximum Gasteiger partial charge on any atom is 0.294 e. The number of anilines is 1. The first-order valence-electron chi connectivity index (χ1n) is 10.7. The number of hydrogen-bond acceptors (Lipinski definition) is 8. The van der Waals surface area contributed by atoms with Crippen molar-refractivity contribution in [2.75, 3.05) is 18.5 Å². The van der Waals surface area contributed by atoms with E-state index in [9.17, 15) is 18.8 Å². The molecule has 0 spiro atoms. The SMILES string of the molecule is CCOc1cc(/C=C2/SC(=O)N(CC(=O)Nc3ccc(I)cc3)C2=O)ccc1Oc1nc(Cl)ncc1F. The molecule has 3 amide bonds. The average molecular weight is 655 g/mol. The van der Waals surface area contributed by atoms with Crippen molar-refractivity contribution in [2.45, 2.75) is 6.92 Å². The van der Waals surface area contributed by atoms with E-state index in [-0.39, 0.29) is 34.2 Å². The van der Waals surface area contributed by atoms with Crippen molar-refractivity contribution in [2.24, 2.45) is 0 Å². The van der Waals surface area contributed by atoms with Gasteiger partial charge in [0.2, 0.25) is 17.0 Å². The summed E-state index contributed by atoms with van der Waals surface area (Å²) >= 11 is 8.58. The number of hydrogen-bond donors (Lipinski definition) is 1. The highest BCUT2D eigenvalue weighted by atomic mass is 127. The fourth-order valence-electron chi connectivity index (χ4n) is 3.14. The van der Waals surface area contributed by atoms with Crippen molar-refractivity contribution in [1.82, 2.24) is 14.9 Å². The number of benzene rings is 2. The maximum absolute atomic E-state index is 14.0. The molecule has 190 valence electrons. The minimum Gasteiger partial charge on any atom is -0.490 e. The Balaban J connectivity index is 1.49. The molecule has 2 heterocycles. The molecule has 0 aliphatic carbocycles. The molecule has 13 heteroatoms. The quantitative estimate of drug-likeness (QED) is 0.186. The number of imide groups is 1. The minimum atomic E-state index is -0.810. The molecule has 0 saturated carbocycles. The van der Waals surface area contributed by atoms with E-state index in [2.05, 4.69) is 37.9 Å². The number of rotatable bonds is 8. The Bertz CT molecular complexity index is 1410. The predicted molar refractivity (Wildman–Crippen MR) is 145 cm³/mol. The van der Waals surface area contributed by atoms with Gasteiger partial charge in [0.15, 0.2) is 11.5 Å². The van der Waals surface area contributed by atoms with Gasteiger partial charge in [-0.15, -0.1) is 0 Å². The second-order valence-electron chi connectivity index (χ2n) is 7.36. The van der Waals surface area contributed by atoms with E-state index in [0.29, 0.717) is 11.3 Å². The largest absolute Gasteiger partial charge is 0.490 e. The molecule has 0 unspecified atom stereocenters. The molecule has 1 saturated heterocycles. The summed E-state index contributed by atoms with van der Waals surface area (Å²) in [4.78, 5) is 46.0. The summed E-state index contributed by atoms with van der Waals surface area (Å²) in [5, 5.41) is 1.92. The molecule has 1 N–H and O–H groups in total. The first-order chi connectivity index (χ1) is 17.7. The van der Waals surface area contributed by atoms with Gasteiger partial charge in [0.1, 0.15) is 6.54 Å². The Hall–Kier alpha value is -3.23. The second-order valence-corrected chi connectivity index (χ2v) is 9.93. The van der Waals surface area contributed by atoms with E-state index in [1.807, 2.05) is 12.1 Å². The van der Waals surface area contributed by atoms with Gasteiger partial charge in [0.05, 0.1) is 17.7 Å². The molecule has 2 aromatic carbocycles. The van der Waals surface area contributed by atoms with Crippen LogP contribution in [0, 0.1) is 9.39 Å². The van der Waals surface area contributed by atoms with Crippen LogP contribution in [0.4, 0.5) is 14.9 Å². The van der Waals surface area contributed by atoms with Crippen molar-refractivity contribution in [3.05, 3.63) is 73.8 Å². The molecular formula is C24H17ClFIN4O5S. The van der Waals surface area contributed by atoms with Gasteiger partial charge in [0, 0.05) is 9.26 Å². The van der Waals surface area contributed by atoms with Crippen LogP contribution in [0.3, 0.4) is 0 Å². The van der Waals surface area contributed by atoms with Gasteiger partial charge in [0.25, 0.3) is 17.0 Å². The summed E-state index contributed by atoms with van der Waals surface area (Å²) < 4.78 is 26.1. The van der Waals surface area contributed by atoms with Gasteiger partial charge in [-0.05, 0) is 101 Å². The van der Waals surface area contributed by atoms with E-state index in [4.69, 9.17) is 21.1 Å². The van der Waals surface area contributed by atoms with Gasteiger partial charge in [-0.1, -0.05) is 6.07 Å². The third-order valence-corrected chi connectivity index (χ3v) is 6.57. The second kappa shape index (κ2) is 11.9. The van der Waals surface area contributed by atoms with Crippen molar-refractivity contribution in [3.63, 3.8) is 0 Å². The maximum atomic E-state index is 14.0. The van der Waals surface area contributed by atoms with E-state index in [1.54, 1.807) is 31.2 Å². The highest BCUT2D eigenvalue weighted by molar-refractivity contribution is 14.1. The standard InChI is InChI=1S/C24H17ClFIN4O5S/c1-2-35-18-9-13(3-8-17(18)36-21-16(26)11-28-23(25)30-21)10-19-22(33)31(24(34)37-19)12-20(32)29-15-6-4-14(27)5-7-15/h3-11H,2,12H2,1H3,(H,29,32)/b19-10+. The number of ether oxygens (including phenoxy) is 2. The molecule has 0 radical (unpaired) electrons. The summed E-state index contributed by atoms with van der Waals surface area (Å²) in [6, 6.07) is 11.8. The van der Waals surface area contributed by atoms with Crippen LogP contribution in [0.1, 0.15) is 12.5 Å². The van der Waals surface area contributed by atoms with Crippen LogP contribution in [0.2, 0.25) is 5.28 Å². The van der Waals surface area contributed by atoms with Crippen LogP contribution in [-0.4, -0.2) is 45.1 Å². The van der Waals surface area contributed by atoms with Gasteiger partial charge in [-0.3, -0.25) is 19.3 Å². The molecule has 37 heavy (non-hydrogen) atoms. The Morgan fingerprint density at radius 1 is 1.22 bits per heavy atom. The lowest BCUT2D eigenvalue weighted by Crippen LogP contribution is -2.36. The lowest BCUT2D eigenvalue weighted by Gasteiger charge is -2.13. The smallest absolute Gasteiger partial charge is 0.294 e. The lowest BCUT2D eigenvalue weighted by atomic mass is 10.2. The van der Waals surface area contributed by atoms with Gasteiger partial charge in [-0.25, -0.2) is 4.98 Å². The Morgan fingerprint density at radius 2 is 1.97 bits per heavy atom. The van der Waals surface area contributed by atoms with Crippen molar-refractivity contribution < 1.29 is 28.2 Å². The summed E-state index contributed by atoms with van der Waals surface area (Å²) in [5.41, 5.74) is 1.08. The van der Waals surface area contributed by atoms with E-state index in [1.165, 1.54) is 12.1 Å². The van der Waals surface area contributed by atoms with E-state index < -0.39 is 29.4 Å². The van der Waals surface area contributed by atoms with Crippen molar-refractivity contribution >= 4 is 74.8 Å². The first-order valence-corrected chi connectivity index (χ1v) is 12.9. The Kier molecular flexibility index (Phi) is 8.61. The molecular weight excluding hydrogens is 638 g/mol. The zero-order valence-corrected chi connectivity index (χ0v) is 22.8. The van der Waals surface area contributed by atoms with Crippen molar-refractivity contribution in [1.29, 1.82) is 0 Å². The van der Waals surface area contributed by atoms with E-state index in [0.717, 1.165) is 26.4 Å². The number of carbonyl (C=O) groups excluding carboxylic acids is 3.